The Hall–Kier alpha value is -0.670. The summed E-state index contributed by atoms with van der Waals surface area (Å²) in [5, 5.41) is 3.53. The van der Waals surface area contributed by atoms with Gasteiger partial charge in [-0.05, 0) is 62.4 Å². The highest BCUT2D eigenvalue weighted by molar-refractivity contribution is 7.90. The Morgan fingerprint density at radius 2 is 1.48 bits per heavy atom. The number of sulfone groups is 1. The Balaban J connectivity index is 0.00000225. The third-order valence-corrected chi connectivity index (χ3v) is 7.78. The Morgan fingerprint density at radius 3 is 1.96 bits per heavy atom. The second-order valence-corrected chi connectivity index (χ2v) is 10.7. The largest absolute Gasteiger partial charge is 0.314 e. The van der Waals surface area contributed by atoms with Gasteiger partial charge in [0.1, 0.15) is 0 Å². The van der Waals surface area contributed by atoms with Gasteiger partial charge in [0.15, 0.2) is 9.84 Å². The summed E-state index contributed by atoms with van der Waals surface area (Å²) >= 11 is 0. The lowest BCUT2D eigenvalue weighted by Gasteiger charge is -2.31. The molecule has 25 heavy (non-hydrogen) atoms. The van der Waals surface area contributed by atoms with E-state index in [4.69, 9.17) is 0 Å². The van der Waals surface area contributed by atoms with Crippen molar-refractivity contribution in [1.29, 1.82) is 0 Å². The van der Waals surface area contributed by atoms with Crippen molar-refractivity contribution < 1.29 is 16.8 Å². The Bertz CT molecular complexity index is 782. The van der Waals surface area contributed by atoms with Gasteiger partial charge in [-0.3, -0.25) is 0 Å². The second-order valence-electron chi connectivity index (χ2n) is 6.77. The van der Waals surface area contributed by atoms with E-state index in [1.54, 1.807) is 0 Å². The van der Waals surface area contributed by atoms with Crippen molar-refractivity contribution in [3.05, 3.63) is 24.3 Å². The summed E-state index contributed by atoms with van der Waals surface area (Å²) < 4.78 is 49.8. The van der Waals surface area contributed by atoms with E-state index in [0.717, 1.165) is 31.6 Å². The lowest BCUT2D eigenvalue weighted by Crippen LogP contribution is -2.45. The van der Waals surface area contributed by atoms with Crippen LogP contribution in [0.5, 0.6) is 0 Å². The molecular formula is C16H25ClN2O4S2. The summed E-state index contributed by atoms with van der Waals surface area (Å²) in [6.07, 6.45) is 5.35. The average Bonchev–Trinajstić information content (AvgIpc) is 3.37. The maximum Gasteiger partial charge on any atom is 0.243 e. The fourth-order valence-electron chi connectivity index (χ4n) is 2.96. The van der Waals surface area contributed by atoms with Crippen molar-refractivity contribution in [2.24, 2.45) is 5.92 Å². The topological polar surface area (TPSA) is 83.5 Å². The van der Waals surface area contributed by atoms with Crippen LogP contribution in [-0.2, 0) is 19.9 Å². The molecule has 1 aromatic carbocycles. The van der Waals surface area contributed by atoms with Gasteiger partial charge in [-0.2, -0.15) is 4.31 Å². The van der Waals surface area contributed by atoms with Crippen LogP contribution in [-0.4, -0.2) is 53.1 Å². The van der Waals surface area contributed by atoms with Gasteiger partial charge in [0.25, 0.3) is 0 Å². The number of hydrogen-bond acceptors (Lipinski definition) is 5. The second kappa shape index (κ2) is 7.92. The molecule has 0 spiro atoms. The van der Waals surface area contributed by atoms with Crippen LogP contribution >= 0.6 is 12.4 Å². The average molecular weight is 409 g/mol. The predicted octanol–water partition coefficient (Wildman–Crippen LogP) is 1.66. The molecule has 1 aliphatic carbocycles. The van der Waals surface area contributed by atoms with Gasteiger partial charge < -0.3 is 5.32 Å². The van der Waals surface area contributed by atoms with Gasteiger partial charge in [0.05, 0.1) is 9.79 Å². The maximum absolute atomic E-state index is 12.7. The molecular weight excluding hydrogens is 384 g/mol. The van der Waals surface area contributed by atoms with Crippen molar-refractivity contribution >= 4 is 32.3 Å². The number of halogens is 1. The molecule has 1 aliphatic heterocycles. The molecule has 9 heteroatoms. The van der Waals surface area contributed by atoms with E-state index < -0.39 is 19.9 Å². The minimum Gasteiger partial charge on any atom is -0.314 e. The molecule has 1 aromatic rings. The third-order valence-electron chi connectivity index (χ3n) is 4.74. The molecule has 0 aromatic heterocycles. The number of piperidine rings is 1. The SMILES string of the molecule is CS(=O)(=O)c1ccc(S(=O)(=O)N2CCC(NCC3CC3)CC2)cc1.Cl. The number of rotatable bonds is 6. The zero-order valence-electron chi connectivity index (χ0n) is 14.2. The number of hydrogen-bond donors (Lipinski definition) is 1. The normalized spacial score (nSPS) is 20.2. The number of benzene rings is 1. The van der Waals surface area contributed by atoms with Crippen molar-refractivity contribution in [2.45, 2.75) is 41.5 Å². The minimum absolute atomic E-state index is 0. The van der Waals surface area contributed by atoms with E-state index in [-0.39, 0.29) is 22.2 Å². The number of sulfonamides is 1. The summed E-state index contributed by atoms with van der Waals surface area (Å²) in [6, 6.07) is 5.86. The molecule has 0 atom stereocenters. The molecule has 1 N–H and O–H groups in total. The smallest absolute Gasteiger partial charge is 0.243 e. The van der Waals surface area contributed by atoms with Gasteiger partial charge in [-0.15, -0.1) is 12.4 Å². The van der Waals surface area contributed by atoms with Crippen LogP contribution in [0.15, 0.2) is 34.1 Å². The quantitative estimate of drug-likeness (QED) is 0.773. The first-order valence-corrected chi connectivity index (χ1v) is 11.6. The van der Waals surface area contributed by atoms with E-state index in [1.807, 2.05) is 0 Å². The highest BCUT2D eigenvalue weighted by Gasteiger charge is 2.30. The minimum atomic E-state index is -3.56. The molecule has 1 saturated carbocycles. The van der Waals surface area contributed by atoms with E-state index in [9.17, 15) is 16.8 Å². The van der Waals surface area contributed by atoms with Crippen molar-refractivity contribution in [3.63, 3.8) is 0 Å². The molecule has 142 valence electrons. The zero-order chi connectivity index (χ0) is 17.4. The van der Waals surface area contributed by atoms with E-state index in [2.05, 4.69) is 5.32 Å². The van der Waals surface area contributed by atoms with Gasteiger partial charge in [-0.25, -0.2) is 16.8 Å². The first kappa shape index (κ1) is 20.6. The van der Waals surface area contributed by atoms with Crippen LogP contribution in [0, 0.1) is 5.92 Å². The van der Waals surface area contributed by atoms with E-state index in [0.29, 0.717) is 19.1 Å². The fraction of sp³-hybridized carbons (Fsp3) is 0.625. The predicted molar refractivity (Wildman–Crippen MR) is 99.3 cm³/mol. The number of nitrogens with zero attached hydrogens (tertiary/aromatic N) is 1. The summed E-state index contributed by atoms with van der Waals surface area (Å²) in [7, 11) is -6.88. The fourth-order valence-corrected chi connectivity index (χ4v) is 5.06. The zero-order valence-corrected chi connectivity index (χ0v) is 16.7. The summed E-state index contributed by atoms with van der Waals surface area (Å²) in [5.74, 6) is 0.820. The van der Waals surface area contributed by atoms with Crippen LogP contribution in [0.4, 0.5) is 0 Å². The van der Waals surface area contributed by atoms with Crippen molar-refractivity contribution in [3.8, 4) is 0 Å². The van der Waals surface area contributed by atoms with Crippen molar-refractivity contribution in [2.75, 3.05) is 25.9 Å². The lowest BCUT2D eigenvalue weighted by molar-refractivity contribution is 0.288. The Morgan fingerprint density at radius 1 is 0.960 bits per heavy atom. The van der Waals surface area contributed by atoms with Crippen LogP contribution in [0.25, 0.3) is 0 Å². The van der Waals surface area contributed by atoms with Crippen molar-refractivity contribution in [1.82, 2.24) is 9.62 Å². The van der Waals surface area contributed by atoms with Gasteiger partial charge >= 0.3 is 0 Å². The molecule has 1 saturated heterocycles. The van der Waals surface area contributed by atoms with Gasteiger partial charge in [-0.1, -0.05) is 0 Å². The van der Waals surface area contributed by atoms with Gasteiger partial charge in [0.2, 0.25) is 10.0 Å². The lowest BCUT2D eigenvalue weighted by atomic mass is 10.1. The summed E-state index contributed by atoms with van der Waals surface area (Å²) in [5.41, 5.74) is 0. The molecule has 0 unspecified atom stereocenters. The molecule has 0 amide bonds. The molecule has 2 fully saturated rings. The molecule has 6 nitrogen and oxygen atoms in total. The summed E-state index contributed by atoms with van der Waals surface area (Å²) in [4.78, 5) is 0.281. The maximum atomic E-state index is 12.7. The molecule has 2 aliphatic rings. The molecule has 3 rings (SSSR count). The first-order valence-electron chi connectivity index (χ1n) is 8.30. The number of nitrogens with one attached hydrogen (secondary N) is 1. The highest BCUT2D eigenvalue weighted by atomic mass is 35.5. The molecule has 0 radical (unpaired) electrons. The van der Waals surface area contributed by atoms with Crippen LogP contribution in [0.2, 0.25) is 0 Å². The van der Waals surface area contributed by atoms with E-state index >= 15 is 0 Å². The van der Waals surface area contributed by atoms with Crippen LogP contribution in [0.3, 0.4) is 0 Å². The first-order chi connectivity index (χ1) is 11.3. The summed E-state index contributed by atoms with van der Waals surface area (Å²) in [6.45, 7) is 2.04. The van der Waals surface area contributed by atoms with Crippen LogP contribution in [0.1, 0.15) is 25.7 Å². The Labute approximate surface area is 156 Å². The van der Waals surface area contributed by atoms with Gasteiger partial charge in [0, 0.05) is 25.4 Å². The molecule has 1 heterocycles. The van der Waals surface area contributed by atoms with Crippen LogP contribution < -0.4 is 5.32 Å². The van der Waals surface area contributed by atoms with E-state index in [1.165, 1.54) is 41.4 Å². The highest BCUT2D eigenvalue weighted by Crippen LogP contribution is 2.28. The molecule has 0 bridgehead atoms. The monoisotopic (exact) mass is 408 g/mol. The third kappa shape index (κ3) is 5.17. The Kier molecular flexibility index (Phi) is 6.54. The standard InChI is InChI=1S/C16H24N2O4S2.ClH/c1-23(19,20)15-4-6-16(7-5-15)24(21,22)18-10-8-14(9-11-18)17-12-13-2-3-13;/h4-7,13-14,17H,2-3,8-12H2,1H3;1H.